The SMILES string of the molecule is O=C(C=NNc1ccc([N+](=O)[O-])cc1)c1ccccc1. The fourth-order valence-electron chi connectivity index (χ4n) is 1.50. The van der Waals surface area contributed by atoms with Crippen molar-refractivity contribution in [1.82, 2.24) is 0 Å². The number of nitrogens with zero attached hydrogens (tertiary/aromatic N) is 2. The molecule has 0 amide bonds. The minimum Gasteiger partial charge on any atom is -0.287 e. The average Bonchev–Trinajstić information content (AvgIpc) is 2.48. The molecule has 20 heavy (non-hydrogen) atoms. The van der Waals surface area contributed by atoms with E-state index in [2.05, 4.69) is 10.5 Å². The van der Waals surface area contributed by atoms with Gasteiger partial charge in [-0.3, -0.25) is 20.3 Å². The van der Waals surface area contributed by atoms with E-state index in [0.29, 0.717) is 11.3 Å². The molecule has 1 N–H and O–H groups in total. The van der Waals surface area contributed by atoms with Crippen molar-refractivity contribution >= 4 is 23.4 Å². The fraction of sp³-hybridized carbons (Fsp3) is 0. The number of carbonyl (C=O) groups excluding carboxylic acids is 1. The Morgan fingerprint density at radius 3 is 2.35 bits per heavy atom. The third-order valence-corrected chi connectivity index (χ3v) is 2.51. The van der Waals surface area contributed by atoms with Crippen molar-refractivity contribution in [2.45, 2.75) is 0 Å². The van der Waals surface area contributed by atoms with Crippen molar-refractivity contribution in [2.24, 2.45) is 5.10 Å². The molecule has 0 bridgehead atoms. The van der Waals surface area contributed by atoms with E-state index in [4.69, 9.17) is 0 Å². The van der Waals surface area contributed by atoms with E-state index < -0.39 is 4.92 Å². The Morgan fingerprint density at radius 2 is 1.75 bits per heavy atom. The van der Waals surface area contributed by atoms with E-state index in [1.54, 1.807) is 24.3 Å². The molecule has 0 aliphatic heterocycles. The van der Waals surface area contributed by atoms with Crippen LogP contribution >= 0.6 is 0 Å². The van der Waals surface area contributed by atoms with Crippen LogP contribution in [0.5, 0.6) is 0 Å². The number of benzene rings is 2. The highest BCUT2D eigenvalue weighted by Crippen LogP contribution is 2.15. The average molecular weight is 269 g/mol. The van der Waals surface area contributed by atoms with Crippen molar-refractivity contribution in [3.05, 3.63) is 70.3 Å². The van der Waals surface area contributed by atoms with Gasteiger partial charge in [-0.15, -0.1) is 0 Å². The highest BCUT2D eigenvalue weighted by molar-refractivity contribution is 6.35. The van der Waals surface area contributed by atoms with Gasteiger partial charge in [-0.2, -0.15) is 5.10 Å². The molecule has 0 aliphatic carbocycles. The van der Waals surface area contributed by atoms with Gasteiger partial charge >= 0.3 is 0 Å². The van der Waals surface area contributed by atoms with Crippen molar-refractivity contribution in [1.29, 1.82) is 0 Å². The number of carbonyl (C=O) groups is 1. The number of rotatable bonds is 5. The first kappa shape index (κ1) is 13.4. The van der Waals surface area contributed by atoms with E-state index >= 15 is 0 Å². The summed E-state index contributed by atoms with van der Waals surface area (Å²) in [6.45, 7) is 0. The van der Waals surface area contributed by atoms with Gasteiger partial charge in [0.15, 0.2) is 0 Å². The summed E-state index contributed by atoms with van der Waals surface area (Å²) in [5, 5.41) is 14.3. The van der Waals surface area contributed by atoms with E-state index in [0.717, 1.165) is 6.21 Å². The first-order valence-electron chi connectivity index (χ1n) is 5.80. The second kappa shape index (κ2) is 6.24. The zero-order chi connectivity index (χ0) is 14.4. The van der Waals surface area contributed by atoms with Gasteiger partial charge in [0.25, 0.3) is 5.69 Å². The minimum atomic E-state index is -0.480. The van der Waals surface area contributed by atoms with Crippen LogP contribution in [0.1, 0.15) is 10.4 Å². The van der Waals surface area contributed by atoms with Gasteiger partial charge in [-0.05, 0) is 12.1 Å². The Labute approximate surface area is 114 Å². The van der Waals surface area contributed by atoms with Gasteiger partial charge in [0, 0.05) is 17.7 Å². The van der Waals surface area contributed by atoms with E-state index in [1.807, 2.05) is 6.07 Å². The summed E-state index contributed by atoms with van der Waals surface area (Å²) in [7, 11) is 0. The molecule has 0 aromatic heterocycles. The Hall–Kier alpha value is -3.02. The maximum atomic E-state index is 11.7. The summed E-state index contributed by atoms with van der Waals surface area (Å²) >= 11 is 0. The number of anilines is 1. The molecule has 0 aliphatic rings. The summed E-state index contributed by atoms with van der Waals surface area (Å²) in [4.78, 5) is 21.7. The molecule has 0 atom stereocenters. The number of hydrazone groups is 1. The molecule has 0 unspecified atom stereocenters. The Balaban J connectivity index is 1.96. The molecule has 0 fully saturated rings. The highest BCUT2D eigenvalue weighted by atomic mass is 16.6. The molecule has 2 aromatic carbocycles. The topological polar surface area (TPSA) is 84.6 Å². The molecule has 100 valence electrons. The quantitative estimate of drug-likeness (QED) is 0.391. The van der Waals surface area contributed by atoms with Gasteiger partial charge in [-0.1, -0.05) is 30.3 Å². The smallest absolute Gasteiger partial charge is 0.269 e. The molecule has 6 nitrogen and oxygen atoms in total. The van der Waals surface area contributed by atoms with Crippen LogP contribution in [-0.2, 0) is 0 Å². The summed E-state index contributed by atoms with van der Waals surface area (Å²) in [5.74, 6) is -0.222. The Bertz CT molecular complexity index is 636. The number of Topliss-reactive ketones (excluding diaryl/α,β-unsaturated/α-hetero) is 1. The highest BCUT2D eigenvalue weighted by Gasteiger charge is 2.03. The van der Waals surface area contributed by atoms with Crippen LogP contribution in [-0.4, -0.2) is 16.9 Å². The first-order valence-corrected chi connectivity index (χ1v) is 5.80. The molecular formula is C14H11N3O3. The summed E-state index contributed by atoms with van der Waals surface area (Å²) in [6, 6.07) is 14.5. The van der Waals surface area contributed by atoms with Crippen molar-refractivity contribution < 1.29 is 9.72 Å². The number of nitro benzene ring substituents is 1. The van der Waals surface area contributed by atoms with Gasteiger partial charge in [0.1, 0.15) is 0 Å². The molecule has 6 heteroatoms. The molecule has 0 radical (unpaired) electrons. The largest absolute Gasteiger partial charge is 0.287 e. The maximum absolute atomic E-state index is 11.7. The van der Waals surface area contributed by atoms with Gasteiger partial charge in [0.2, 0.25) is 5.78 Å². The predicted octanol–water partition coefficient (Wildman–Crippen LogP) is 2.88. The minimum absolute atomic E-state index is 0.000100. The summed E-state index contributed by atoms with van der Waals surface area (Å²) < 4.78 is 0. The van der Waals surface area contributed by atoms with Crippen LogP contribution in [0.2, 0.25) is 0 Å². The standard InChI is InChI=1S/C14H11N3O3/c18-14(11-4-2-1-3-5-11)10-15-16-12-6-8-13(9-7-12)17(19)20/h1-10,16H. The molecule has 2 aromatic rings. The predicted molar refractivity (Wildman–Crippen MR) is 76.0 cm³/mol. The Morgan fingerprint density at radius 1 is 1.10 bits per heavy atom. The number of nitrogens with one attached hydrogen (secondary N) is 1. The lowest BCUT2D eigenvalue weighted by Crippen LogP contribution is -2.02. The summed E-state index contributed by atoms with van der Waals surface area (Å²) in [5.41, 5.74) is 3.74. The second-order valence-corrected chi connectivity index (χ2v) is 3.90. The third kappa shape index (κ3) is 3.49. The zero-order valence-corrected chi connectivity index (χ0v) is 10.4. The summed E-state index contributed by atoms with van der Waals surface area (Å²) in [6.07, 6.45) is 1.16. The third-order valence-electron chi connectivity index (χ3n) is 2.51. The number of ketones is 1. The van der Waals surface area contributed by atoms with Crippen LogP contribution in [0.3, 0.4) is 0 Å². The zero-order valence-electron chi connectivity index (χ0n) is 10.4. The van der Waals surface area contributed by atoms with Crippen LogP contribution in [0.25, 0.3) is 0 Å². The maximum Gasteiger partial charge on any atom is 0.269 e. The van der Waals surface area contributed by atoms with Crippen LogP contribution in [0, 0.1) is 10.1 Å². The number of non-ortho nitro benzene ring substituents is 1. The van der Waals surface area contributed by atoms with E-state index in [-0.39, 0.29) is 11.5 Å². The molecule has 0 saturated carbocycles. The number of hydrogen-bond donors (Lipinski definition) is 1. The molecule has 2 rings (SSSR count). The normalized spacial score (nSPS) is 10.4. The van der Waals surface area contributed by atoms with Gasteiger partial charge in [-0.25, -0.2) is 0 Å². The molecule has 0 spiro atoms. The second-order valence-electron chi connectivity index (χ2n) is 3.90. The van der Waals surface area contributed by atoms with Gasteiger partial charge in [0.05, 0.1) is 16.8 Å². The van der Waals surface area contributed by atoms with E-state index in [9.17, 15) is 14.9 Å². The first-order chi connectivity index (χ1) is 9.66. The van der Waals surface area contributed by atoms with Crippen molar-refractivity contribution in [3.8, 4) is 0 Å². The van der Waals surface area contributed by atoms with Gasteiger partial charge < -0.3 is 0 Å². The molecule has 0 heterocycles. The van der Waals surface area contributed by atoms with Crippen LogP contribution in [0.15, 0.2) is 59.7 Å². The molecule has 0 saturated heterocycles. The lowest BCUT2D eigenvalue weighted by molar-refractivity contribution is -0.384. The van der Waals surface area contributed by atoms with E-state index in [1.165, 1.54) is 24.3 Å². The lowest BCUT2D eigenvalue weighted by atomic mass is 10.1. The number of nitro groups is 1. The van der Waals surface area contributed by atoms with Crippen LogP contribution < -0.4 is 5.43 Å². The van der Waals surface area contributed by atoms with Crippen molar-refractivity contribution in [3.63, 3.8) is 0 Å². The monoisotopic (exact) mass is 269 g/mol. The van der Waals surface area contributed by atoms with Crippen LogP contribution in [0.4, 0.5) is 11.4 Å². The lowest BCUT2D eigenvalue weighted by Gasteiger charge is -1.99. The number of hydrogen-bond acceptors (Lipinski definition) is 5. The Kier molecular flexibility index (Phi) is 4.18. The van der Waals surface area contributed by atoms with Crippen molar-refractivity contribution in [2.75, 3.05) is 5.43 Å². The molecular weight excluding hydrogens is 258 g/mol. The fourth-order valence-corrected chi connectivity index (χ4v) is 1.50.